The Morgan fingerprint density at radius 2 is 2.24 bits per heavy atom. The lowest BCUT2D eigenvalue weighted by atomic mass is 10.2. The molecule has 2 rings (SSSR count). The zero-order valence-electron chi connectivity index (χ0n) is 11.9. The van der Waals surface area contributed by atoms with Gasteiger partial charge < -0.3 is 14.5 Å². The molecular formula is C15H18ClFN2O2. The smallest absolute Gasteiger partial charge is 0.194 e. The van der Waals surface area contributed by atoms with Crippen LogP contribution in [0.25, 0.3) is 11.3 Å². The van der Waals surface area contributed by atoms with Gasteiger partial charge in [-0.05, 0) is 25.1 Å². The molecule has 0 aliphatic heterocycles. The summed E-state index contributed by atoms with van der Waals surface area (Å²) in [5.74, 6) is 0.532. The van der Waals surface area contributed by atoms with Crippen molar-refractivity contribution in [3.63, 3.8) is 0 Å². The van der Waals surface area contributed by atoms with E-state index in [-0.39, 0.29) is 5.56 Å². The number of methoxy groups -OCH3 is 1. The third-order valence-electron chi connectivity index (χ3n) is 2.99. The number of nitrogens with zero attached hydrogens (tertiary/aromatic N) is 1. The van der Waals surface area contributed by atoms with Crippen LogP contribution in [0.4, 0.5) is 4.39 Å². The van der Waals surface area contributed by atoms with Crippen molar-refractivity contribution in [3.8, 4) is 11.3 Å². The van der Waals surface area contributed by atoms with Crippen LogP contribution < -0.4 is 5.32 Å². The Hall–Kier alpha value is -1.43. The topological polar surface area (TPSA) is 47.3 Å². The average molecular weight is 313 g/mol. The van der Waals surface area contributed by atoms with Crippen molar-refractivity contribution < 1.29 is 13.5 Å². The summed E-state index contributed by atoms with van der Waals surface area (Å²) >= 11 is 6.00. The molecule has 0 unspecified atom stereocenters. The van der Waals surface area contributed by atoms with Crippen LogP contribution in [0.2, 0.25) is 5.02 Å². The van der Waals surface area contributed by atoms with Crippen molar-refractivity contribution in [2.24, 2.45) is 0 Å². The van der Waals surface area contributed by atoms with Crippen LogP contribution in [0.3, 0.4) is 0 Å². The first-order valence-electron chi connectivity index (χ1n) is 6.81. The van der Waals surface area contributed by atoms with Crippen molar-refractivity contribution in [2.75, 3.05) is 26.8 Å². The van der Waals surface area contributed by atoms with Crippen LogP contribution in [0.1, 0.15) is 12.3 Å². The highest BCUT2D eigenvalue weighted by Crippen LogP contribution is 2.30. The van der Waals surface area contributed by atoms with Crippen LogP contribution in [-0.4, -0.2) is 31.8 Å². The average Bonchev–Trinajstić information content (AvgIpc) is 2.91. The number of oxazole rings is 1. The molecule has 0 atom stereocenters. The second kappa shape index (κ2) is 8.12. The highest BCUT2D eigenvalue weighted by molar-refractivity contribution is 6.33. The number of hydrogen-bond acceptors (Lipinski definition) is 4. The van der Waals surface area contributed by atoms with Crippen molar-refractivity contribution in [1.29, 1.82) is 0 Å². The third kappa shape index (κ3) is 4.52. The zero-order valence-corrected chi connectivity index (χ0v) is 12.6. The van der Waals surface area contributed by atoms with Gasteiger partial charge >= 0.3 is 0 Å². The molecule has 0 amide bonds. The number of ether oxygens (including phenoxy) is 1. The van der Waals surface area contributed by atoms with E-state index in [0.717, 1.165) is 19.5 Å². The maximum absolute atomic E-state index is 13.8. The maximum atomic E-state index is 13.8. The number of rotatable bonds is 8. The van der Waals surface area contributed by atoms with Gasteiger partial charge in [0.15, 0.2) is 11.7 Å². The standard InChI is InChI=1S/C15H18ClFN2O2/c1-20-9-8-18-7-3-6-14-19-10-13(21-14)15-11(16)4-2-5-12(15)17/h2,4-5,10,18H,3,6-9H2,1H3. The molecule has 6 heteroatoms. The van der Waals surface area contributed by atoms with Gasteiger partial charge in [-0.25, -0.2) is 9.37 Å². The Morgan fingerprint density at radius 1 is 1.38 bits per heavy atom. The molecule has 0 fully saturated rings. The third-order valence-corrected chi connectivity index (χ3v) is 3.30. The van der Waals surface area contributed by atoms with E-state index < -0.39 is 5.82 Å². The number of halogens is 2. The van der Waals surface area contributed by atoms with Gasteiger partial charge in [-0.1, -0.05) is 17.7 Å². The second-order valence-corrected chi connectivity index (χ2v) is 4.97. The zero-order chi connectivity index (χ0) is 15.1. The molecule has 0 aliphatic rings. The molecule has 1 heterocycles. The molecule has 21 heavy (non-hydrogen) atoms. The van der Waals surface area contributed by atoms with Gasteiger partial charge in [0.1, 0.15) is 5.82 Å². The SMILES string of the molecule is COCCNCCCc1ncc(-c2c(F)cccc2Cl)o1. The largest absolute Gasteiger partial charge is 0.441 e. The lowest BCUT2D eigenvalue weighted by molar-refractivity contribution is 0.199. The van der Waals surface area contributed by atoms with E-state index in [0.29, 0.717) is 29.7 Å². The van der Waals surface area contributed by atoms with Crippen molar-refractivity contribution in [2.45, 2.75) is 12.8 Å². The second-order valence-electron chi connectivity index (χ2n) is 4.56. The molecule has 0 saturated carbocycles. The van der Waals surface area contributed by atoms with E-state index in [1.807, 2.05) is 0 Å². The van der Waals surface area contributed by atoms with E-state index in [1.165, 1.54) is 12.3 Å². The Labute approximate surface area is 128 Å². The summed E-state index contributed by atoms with van der Waals surface area (Å²) in [4.78, 5) is 4.16. The normalized spacial score (nSPS) is 11.0. The summed E-state index contributed by atoms with van der Waals surface area (Å²) in [7, 11) is 1.67. The number of benzene rings is 1. The molecule has 0 bridgehead atoms. The van der Waals surface area contributed by atoms with Gasteiger partial charge in [-0.15, -0.1) is 0 Å². The van der Waals surface area contributed by atoms with E-state index in [2.05, 4.69) is 10.3 Å². The summed E-state index contributed by atoms with van der Waals surface area (Å²) in [6.07, 6.45) is 3.08. The van der Waals surface area contributed by atoms with Gasteiger partial charge in [0.2, 0.25) is 0 Å². The first kappa shape index (κ1) is 15.9. The van der Waals surface area contributed by atoms with Gasteiger partial charge in [-0.2, -0.15) is 0 Å². The molecule has 0 spiro atoms. The first-order valence-corrected chi connectivity index (χ1v) is 7.19. The van der Waals surface area contributed by atoms with Crippen LogP contribution >= 0.6 is 11.6 Å². The molecule has 4 nitrogen and oxygen atoms in total. The van der Waals surface area contributed by atoms with Crippen LogP contribution in [-0.2, 0) is 11.2 Å². The summed E-state index contributed by atoms with van der Waals surface area (Å²) in [5, 5.41) is 3.56. The molecule has 0 saturated heterocycles. The van der Waals surface area contributed by atoms with Crippen LogP contribution in [0.5, 0.6) is 0 Å². The molecule has 1 aromatic heterocycles. The number of hydrogen-bond donors (Lipinski definition) is 1. The highest BCUT2D eigenvalue weighted by atomic mass is 35.5. The van der Waals surface area contributed by atoms with Crippen LogP contribution in [0.15, 0.2) is 28.8 Å². The quantitative estimate of drug-likeness (QED) is 0.760. The molecule has 114 valence electrons. The fourth-order valence-electron chi connectivity index (χ4n) is 1.94. The Kier molecular flexibility index (Phi) is 6.17. The van der Waals surface area contributed by atoms with Crippen LogP contribution in [0, 0.1) is 5.82 Å². The van der Waals surface area contributed by atoms with E-state index in [9.17, 15) is 4.39 Å². The molecule has 1 aromatic carbocycles. The van der Waals surface area contributed by atoms with Gasteiger partial charge in [0, 0.05) is 20.1 Å². The van der Waals surface area contributed by atoms with Crippen molar-refractivity contribution >= 4 is 11.6 Å². The molecule has 2 aromatic rings. The minimum absolute atomic E-state index is 0.260. The van der Waals surface area contributed by atoms with Gasteiger partial charge in [-0.3, -0.25) is 0 Å². The van der Waals surface area contributed by atoms with E-state index in [1.54, 1.807) is 19.2 Å². The van der Waals surface area contributed by atoms with Crippen molar-refractivity contribution in [1.82, 2.24) is 10.3 Å². The predicted octanol–water partition coefficient (Wildman–Crippen LogP) is 3.30. The minimum atomic E-state index is -0.411. The Bertz CT molecular complexity index is 554. The fourth-order valence-corrected chi connectivity index (χ4v) is 2.19. The lowest BCUT2D eigenvalue weighted by Crippen LogP contribution is -2.20. The lowest BCUT2D eigenvalue weighted by Gasteiger charge is -2.02. The van der Waals surface area contributed by atoms with E-state index >= 15 is 0 Å². The summed E-state index contributed by atoms with van der Waals surface area (Å²) in [5.41, 5.74) is 0.260. The monoisotopic (exact) mass is 312 g/mol. The molecule has 0 aliphatic carbocycles. The number of nitrogens with one attached hydrogen (secondary N) is 1. The van der Waals surface area contributed by atoms with Gasteiger partial charge in [0.05, 0.1) is 23.4 Å². The number of aryl methyl sites for hydroxylation is 1. The fraction of sp³-hybridized carbons (Fsp3) is 0.400. The molecular weight excluding hydrogens is 295 g/mol. The summed E-state index contributed by atoms with van der Waals surface area (Å²) in [6.45, 7) is 2.36. The number of aromatic nitrogens is 1. The predicted molar refractivity (Wildman–Crippen MR) is 80.0 cm³/mol. The molecule has 0 radical (unpaired) electrons. The summed E-state index contributed by atoms with van der Waals surface area (Å²) < 4.78 is 24.3. The summed E-state index contributed by atoms with van der Waals surface area (Å²) in [6, 6.07) is 4.54. The Balaban J connectivity index is 1.90. The highest BCUT2D eigenvalue weighted by Gasteiger charge is 2.14. The van der Waals surface area contributed by atoms with Gasteiger partial charge in [0.25, 0.3) is 0 Å². The first-order chi connectivity index (χ1) is 10.2. The minimum Gasteiger partial charge on any atom is -0.441 e. The van der Waals surface area contributed by atoms with E-state index in [4.69, 9.17) is 20.8 Å². The maximum Gasteiger partial charge on any atom is 0.194 e. The van der Waals surface area contributed by atoms with Crippen molar-refractivity contribution in [3.05, 3.63) is 41.1 Å². The molecule has 1 N–H and O–H groups in total. The Morgan fingerprint density at radius 3 is 3.00 bits per heavy atom.